The Morgan fingerprint density at radius 3 is 2.03 bits per heavy atom. The van der Waals surface area contributed by atoms with Crippen LogP contribution in [-0.2, 0) is 0 Å². The van der Waals surface area contributed by atoms with Crippen molar-refractivity contribution in [1.82, 2.24) is 15.6 Å². The summed E-state index contributed by atoms with van der Waals surface area (Å²) in [7, 11) is 0. The molecule has 0 atom stereocenters. The molecule has 6 heteroatoms. The zero-order valence-electron chi connectivity index (χ0n) is 17.3. The van der Waals surface area contributed by atoms with Crippen LogP contribution in [-0.4, -0.2) is 44.4 Å². The van der Waals surface area contributed by atoms with E-state index in [2.05, 4.69) is 29.5 Å². The molecule has 0 amide bonds. The molecule has 3 aromatic rings. The predicted molar refractivity (Wildman–Crippen MR) is 119 cm³/mol. The smallest absolute Gasteiger partial charge is 0.197 e. The number of pyridine rings is 1. The molecule has 0 bridgehead atoms. The molecule has 0 aliphatic heterocycles. The normalized spacial score (nSPS) is 11.2. The fourth-order valence-electron chi connectivity index (χ4n) is 3.20. The molecule has 3 rings (SSSR count). The van der Waals surface area contributed by atoms with E-state index >= 15 is 0 Å². The standard InChI is InChI=1S/C23H31N3O3/c1-3-9-24-11-13-28-17-6-8-21-20(15-17)23(27)19-7-5-18(16-22(19)26-21)29-14-12-25-10-4-2/h5-8,15-16,24-25H,3-4,9-14H2,1-2H3,(H,26,27). The van der Waals surface area contributed by atoms with Crippen molar-refractivity contribution >= 4 is 21.8 Å². The Bertz CT molecular complexity index is 984. The van der Waals surface area contributed by atoms with E-state index in [9.17, 15) is 4.79 Å². The van der Waals surface area contributed by atoms with Crippen LogP contribution >= 0.6 is 0 Å². The lowest BCUT2D eigenvalue weighted by atomic mass is 10.1. The summed E-state index contributed by atoms with van der Waals surface area (Å²) in [5.41, 5.74) is 1.57. The van der Waals surface area contributed by atoms with E-state index < -0.39 is 0 Å². The molecule has 156 valence electrons. The highest BCUT2D eigenvalue weighted by Gasteiger charge is 2.08. The Hall–Kier alpha value is -2.57. The lowest BCUT2D eigenvalue weighted by Gasteiger charge is -2.10. The van der Waals surface area contributed by atoms with Gasteiger partial charge in [0.1, 0.15) is 24.7 Å². The summed E-state index contributed by atoms with van der Waals surface area (Å²) in [5, 5.41) is 7.89. The van der Waals surface area contributed by atoms with Crippen LogP contribution in [0.25, 0.3) is 21.8 Å². The van der Waals surface area contributed by atoms with E-state index in [4.69, 9.17) is 9.47 Å². The molecule has 0 radical (unpaired) electrons. The predicted octanol–water partition coefficient (Wildman–Crippen LogP) is 3.44. The number of aromatic amines is 1. The van der Waals surface area contributed by atoms with Gasteiger partial charge in [0.2, 0.25) is 0 Å². The second-order valence-corrected chi connectivity index (χ2v) is 7.07. The minimum Gasteiger partial charge on any atom is -0.492 e. The molecule has 6 nitrogen and oxygen atoms in total. The first-order valence-corrected chi connectivity index (χ1v) is 10.5. The van der Waals surface area contributed by atoms with Gasteiger partial charge < -0.3 is 25.1 Å². The highest BCUT2D eigenvalue weighted by Crippen LogP contribution is 2.22. The maximum absolute atomic E-state index is 13.0. The van der Waals surface area contributed by atoms with Crippen molar-refractivity contribution in [1.29, 1.82) is 0 Å². The third-order valence-electron chi connectivity index (χ3n) is 4.69. The Labute approximate surface area is 171 Å². The van der Waals surface area contributed by atoms with Gasteiger partial charge in [0.05, 0.1) is 11.0 Å². The molecule has 1 aromatic heterocycles. The molecule has 0 aliphatic rings. The fraction of sp³-hybridized carbons (Fsp3) is 0.435. The molecule has 0 unspecified atom stereocenters. The number of fused-ring (bicyclic) bond motifs is 2. The number of H-pyrrole nitrogens is 1. The number of nitrogens with one attached hydrogen (secondary N) is 3. The lowest BCUT2D eigenvalue weighted by Crippen LogP contribution is -2.21. The molecule has 0 spiro atoms. The van der Waals surface area contributed by atoms with E-state index in [1.807, 2.05) is 36.4 Å². The first-order chi connectivity index (χ1) is 14.2. The fourth-order valence-corrected chi connectivity index (χ4v) is 3.20. The highest BCUT2D eigenvalue weighted by atomic mass is 16.5. The zero-order chi connectivity index (χ0) is 20.5. The van der Waals surface area contributed by atoms with Gasteiger partial charge in [-0.1, -0.05) is 13.8 Å². The Morgan fingerprint density at radius 1 is 0.759 bits per heavy atom. The van der Waals surface area contributed by atoms with Crippen molar-refractivity contribution in [2.75, 3.05) is 39.4 Å². The quantitative estimate of drug-likeness (QED) is 0.322. The molecule has 1 heterocycles. The van der Waals surface area contributed by atoms with Crippen molar-refractivity contribution in [3.63, 3.8) is 0 Å². The van der Waals surface area contributed by atoms with E-state index in [0.717, 1.165) is 55.8 Å². The third-order valence-corrected chi connectivity index (χ3v) is 4.69. The van der Waals surface area contributed by atoms with Crippen molar-refractivity contribution < 1.29 is 9.47 Å². The van der Waals surface area contributed by atoms with Gasteiger partial charge in [-0.25, -0.2) is 0 Å². The Kier molecular flexibility index (Phi) is 7.90. The SMILES string of the molecule is CCCNCCOc1ccc2c(=O)c3cc(OCCNCCC)ccc3[nH]c2c1. The van der Waals surface area contributed by atoms with Crippen LogP contribution < -0.4 is 25.5 Å². The molecule has 29 heavy (non-hydrogen) atoms. The van der Waals surface area contributed by atoms with Crippen LogP contribution in [0.2, 0.25) is 0 Å². The average molecular weight is 398 g/mol. The summed E-state index contributed by atoms with van der Waals surface area (Å²) < 4.78 is 11.6. The molecular formula is C23H31N3O3. The molecule has 2 aromatic carbocycles. The summed E-state index contributed by atoms with van der Waals surface area (Å²) in [4.78, 5) is 16.3. The maximum Gasteiger partial charge on any atom is 0.197 e. The number of hydrogen-bond donors (Lipinski definition) is 3. The van der Waals surface area contributed by atoms with E-state index in [1.54, 1.807) is 0 Å². The molecular weight excluding hydrogens is 366 g/mol. The van der Waals surface area contributed by atoms with Crippen molar-refractivity contribution in [2.24, 2.45) is 0 Å². The molecule has 0 fully saturated rings. The van der Waals surface area contributed by atoms with Crippen LogP contribution in [0.4, 0.5) is 0 Å². The minimum absolute atomic E-state index is 0.000490. The third kappa shape index (κ3) is 5.71. The lowest BCUT2D eigenvalue weighted by molar-refractivity contribution is 0.314. The second kappa shape index (κ2) is 10.8. The average Bonchev–Trinajstić information content (AvgIpc) is 2.74. The van der Waals surface area contributed by atoms with Crippen molar-refractivity contribution in [2.45, 2.75) is 26.7 Å². The van der Waals surface area contributed by atoms with Crippen molar-refractivity contribution in [3.8, 4) is 11.5 Å². The van der Waals surface area contributed by atoms with E-state index in [-0.39, 0.29) is 5.43 Å². The summed E-state index contributed by atoms with van der Waals surface area (Å²) in [6.07, 6.45) is 2.20. The van der Waals surface area contributed by atoms with Crippen LogP contribution in [0.15, 0.2) is 41.2 Å². The van der Waals surface area contributed by atoms with Gasteiger partial charge in [-0.15, -0.1) is 0 Å². The van der Waals surface area contributed by atoms with Crippen LogP contribution in [0.5, 0.6) is 11.5 Å². The van der Waals surface area contributed by atoms with Gasteiger partial charge in [-0.2, -0.15) is 0 Å². The minimum atomic E-state index is -0.000490. The number of hydrogen-bond acceptors (Lipinski definition) is 5. The largest absolute Gasteiger partial charge is 0.492 e. The molecule has 0 aliphatic carbocycles. The number of rotatable bonds is 12. The van der Waals surface area contributed by atoms with Gasteiger partial charge >= 0.3 is 0 Å². The van der Waals surface area contributed by atoms with Crippen LogP contribution in [0, 0.1) is 0 Å². The second-order valence-electron chi connectivity index (χ2n) is 7.07. The van der Waals surface area contributed by atoms with E-state index in [1.165, 1.54) is 0 Å². The maximum atomic E-state index is 13.0. The van der Waals surface area contributed by atoms with E-state index in [0.29, 0.717) is 29.7 Å². The summed E-state index contributed by atoms with van der Waals surface area (Å²) in [5.74, 6) is 1.46. The summed E-state index contributed by atoms with van der Waals surface area (Å²) in [6, 6.07) is 11.2. The van der Waals surface area contributed by atoms with Gasteiger partial charge in [0.25, 0.3) is 0 Å². The Balaban J connectivity index is 1.73. The highest BCUT2D eigenvalue weighted by molar-refractivity contribution is 5.93. The molecule has 3 N–H and O–H groups in total. The monoisotopic (exact) mass is 397 g/mol. The first kappa shape index (κ1) is 21.1. The topological polar surface area (TPSA) is 75.4 Å². The number of ether oxygens (including phenoxy) is 2. The van der Waals surface area contributed by atoms with Gasteiger partial charge in [-0.05, 0) is 56.3 Å². The van der Waals surface area contributed by atoms with Crippen LogP contribution in [0.3, 0.4) is 0 Å². The van der Waals surface area contributed by atoms with Gasteiger partial charge in [0.15, 0.2) is 5.43 Å². The molecule has 0 saturated carbocycles. The summed E-state index contributed by atoms with van der Waals surface area (Å²) >= 11 is 0. The zero-order valence-corrected chi connectivity index (χ0v) is 17.3. The van der Waals surface area contributed by atoms with Gasteiger partial charge in [-0.3, -0.25) is 4.79 Å². The van der Waals surface area contributed by atoms with Crippen LogP contribution in [0.1, 0.15) is 26.7 Å². The number of aromatic nitrogens is 1. The summed E-state index contributed by atoms with van der Waals surface area (Å²) in [6.45, 7) is 9.00. The van der Waals surface area contributed by atoms with Crippen molar-refractivity contribution in [3.05, 3.63) is 46.6 Å². The molecule has 0 saturated heterocycles. The first-order valence-electron chi connectivity index (χ1n) is 10.5. The number of benzene rings is 2. The Morgan fingerprint density at radius 2 is 1.38 bits per heavy atom. The van der Waals surface area contributed by atoms with Gasteiger partial charge in [0, 0.05) is 29.9 Å².